The van der Waals surface area contributed by atoms with E-state index < -0.39 is 0 Å². The highest BCUT2D eigenvalue weighted by atomic mass is 16.5. The van der Waals surface area contributed by atoms with Crippen LogP contribution >= 0.6 is 0 Å². The maximum Gasteiger partial charge on any atom is 0.111 e. The van der Waals surface area contributed by atoms with Gasteiger partial charge in [0, 0.05) is 13.1 Å². The van der Waals surface area contributed by atoms with Crippen molar-refractivity contribution in [3.63, 3.8) is 0 Å². The molecule has 2 nitrogen and oxygen atoms in total. The predicted molar refractivity (Wildman–Crippen MR) is 34.8 cm³/mol. The Morgan fingerprint density at radius 1 is 1.56 bits per heavy atom. The first kappa shape index (κ1) is 5.69. The van der Waals surface area contributed by atoms with Crippen LogP contribution in [0.5, 0.6) is 0 Å². The highest BCUT2D eigenvalue weighted by Crippen LogP contribution is 2.25. The topological polar surface area (TPSA) is 21.3 Å². The first-order valence-electron chi connectivity index (χ1n) is 3.67. The fourth-order valence-electron chi connectivity index (χ4n) is 1.53. The number of fused-ring (bicyclic) bond motifs is 2. The SMILES string of the molecule is C1C[C]2CNCC(C1)O2. The third-order valence-corrected chi connectivity index (χ3v) is 2.01. The third-order valence-electron chi connectivity index (χ3n) is 2.01. The maximum absolute atomic E-state index is 5.58. The summed E-state index contributed by atoms with van der Waals surface area (Å²) in [4.78, 5) is 0. The smallest absolute Gasteiger partial charge is 0.111 e. The van der Waals surface area contributed by atoms with Crippen LogP contribution in [0, 0.1) is 6.10 Å². The molecule has 0 aliphatic carbocycles. The number of morpholine rings is 1. The second-order valence-electron chi connectivity index (χ2n) is 2.80. The van der Waals surface area contributed by atoms with Crippen molar-refractivity contribution in [1.82, 2.24) is 5.32 Å². The Balaban J connectivity index is 1.96. The van der Waals surface area contributed by atoms with Crippen LogP contribution in [0.4, 0.5) is 0 Å². The van der Waals surface area contributed by atoms with Crippen molar-refractivity contribution in [3.05, 3.63) is 6.10 Å². The summed E-state index contributed by atoms with van der Waals surface area (Å²) >= 11 is 0. The lowest BCUT2D eigenvalue weighted by molar-refractivity contribution is -0.00397. The Hall–Kier alpha value is -0.0800. The zero-order chi connectivity index (χ0) is 6.10. The zero-order valence-corrected chi connectivity index (χ0v) is 5.52. The van der Waals surface area contributed by atoms with Crippen LogP contribution in [-0.4, -0.2) is 19.2 Å². The summed E-state index contributed by atoms with van der Waals surface area (Å²) in [6, 6.07) is 0. The largest absolute Gasteiger partial charge is 0.366 e. The van der Waals surface area contributed by atoms with Gasteiger partial charge in [0.15, 0.2) is 0 Å². The van der Waals surface area contributed by atoms with Crippen molar-refractivity contribution in [1.29, 1.82) is 0 Å². The lowest BCUT2D eigenvalue weighted by Crippen LogP contribution is -2.43. The van der Waals surface area contributed by atoms with E-state index in [1.165, 1.54) is 25.4 Å². The Morgan fingerprint density at radius 3 is 3.33 bits per heavy atom. The molecule has 2 aliphatic heterocycles. The summed E-state index contributed by atoms with van der Waals surface area (Å²) in [7, 11) is 0. The predicted octanol–water partition coefficient (Wildman–Crippen LogP) is 0.691. The van der Waals surface area contributed by atoms with Crippen LogP contribution in [0.1, 0.15) is 19.3 Å². The molecule has 1 N–H and O–H groups in total. The van der Waals surface area contributed by atoms with Gasteiger partial charge in [-0.05, 0) is 19.3 Å². The molecule has 0 amide bonds. The molecule has 2 saturated heterocycles. The van der Waals surface area contributed by atoms with E-state index >= 15 is 0 Å². The highest BCUT2D eigenvalue weighted by molar-refractivity contribution is 4.91. The second kappa shape index (κ2) is 2.27. The molecule has 0 aromatic heterocycles. The second-order valence-corrected chi connectivity index (χ2v) is 2.80. The fraction of sp³-hybridized carbons (Fsp3) is 0.857. The average Bonchev–Trinajstić information content (AvgIpc) is 1.88. The quantitative estimate of drug-likeness (QED) is 0.515. The summed E-state index contributed by atoms with van der Waals surface area (Å²) in [6.07, 6.45) is 5.54. The molecular weight excluding hydrogens is 114 g/mol. The van der Waals surface area contributed by atoms with E-state index in [-0.39, 0.29) is 0 Å². The van der Waals surface area contributed by atoms with Gasteiger partial charge in [-0.25, -0.2) is 0 Å². The van der Waals surface area contributed by atoms with Crippen molar-refractivity contribution in [2.24, 2.45) is 0 Å². The Bertz CT molecular complexity index is 85.1. The molecule has 0 saturated carbocycles. The monoisotopic (exact) mass is 126 g/mol. The Morgan fingerprint density at radius 2 is 2.56 bits per heavy atom. The lowest BCUT2D eigenvalue weighted by Gasteiger charge is -2.34. The molecule has 1 unspecified atom stereocenters. The molecule has 1 radical (unpaired) electrons. The van der Waals surface area contributed by atoms with Gasteiger partial charge in [0.1, 0.15) is 6.10 Å². The summed E-state index contributed by atoms with van der Waals surface area (Å²) in [5, 5.41) is 3.32. The van der Waals surface area contributed by atoms with E-state index in [0.29, 0.717) is 6.10 Å². The van der Waals surface area contributed by atoms with Crippen LogP contribution in [0.2, 0.25) is 0 Å². The van der Waals surface area contributed by atoms with E-state index in [1.807, 2.05) is 0 Å². The molecule has 51 valence electrons. The zero-order valence-electron chi connectivity index (χ0n) is 5.52. The van der Waals surface area contributed by atoms with Crippen molar-refractivity contribution < 1.29 is 4.74 Å². The van der Waals surface area contributed by atoms with E-state index in [1.54, 1.807) is 0 Å². The molecule has 0 aromatic carbocycles. The van der Waals surface area contributed by atoms with Crippen LogP contribution in [0.25, 0.3) is 0 Å². The summed E-state index contributed by atoms with van der Waals surface area (Å²) in [6.45, 7) is 2.06. The number of rotatable bonds is 0. The van der Waals surface area contributed by atoms with Crippen LogP contribution < -0.4 is 5.32 Å². The first-order chi connectivity index (χ1) is 4.45. The maximum atomic E-state index is 5.58. The van der Waals surface area contributed by atoms with Crippen molar-refractivity contribution in [3.8, 4) is 0 Å². The molecule has 2 heterocycles. The van der Waals surface area contributed by atoms with Crippen molar-refractivity contribution >= 4 is 0 Å². The molecular formula is C7H12NO. The van der Waals surface area contributed by atoms with Crippen LogP contribution in [0.15, 0.2) is 0 Å². The first-order valence-corrected chi connectivity index (χ1v) is 3.67. The minimum atomic E-state index is 0.502. The third kappa shape index (κ3) is 1.10. The van der Waals surface area contributed by atoms with Gasteiger partial charge in [-0.3, -0.25) is 0 Å². The summed E-state index contributed by atoms with van der Waals surface area (Å²) in [5.74, 6) is 0. The van der Waals surface area contributed by atoms with Gasteiger partial charge in [-0.1, -0.05) is 0 Å². The highest BCUT2D eigenvalue weighted by Gasteiger charge is 2.26. The van der Waals surface area contributed by atoms with Gasteiger partial charge in [0.25, 0.3) is 0 Å². The van der Waals surface area contributed by atoms with Gasteiger partial charge in [0.2, 0.25) is 0 Å². The number of hydrogen-bond donors (Lipinski definition) is 1. The van der Waals surface area contributed by atoms with Gasteiger partial charge in [-0.15, -0.1) is 0 Å². The van der Waals surface area contributed by atoms with Gasteiger partial charge < -0.3 is 10.1 Å². The summed E-state index contributed by atoms with van der Waals surface area (Å²) in [5.41, 5.74) is 0. The van der Waals surface area contributed by atoms with Crippen LogP contribution in [-0.2, 0) is 4.74 Å². The Labute approximate surface area is 55.6 Å². The van der Waals surface area contributed by atoms with E-state index in [4.69, 9.17) is 4.74 Å². The fourth-order valence-corrected chi connectivity index (χ4v) is 1.53. The molecule has 2 fully saturated rings. The normalized spacial score (nSPS) is 36.7. The number of nitrogens with one attached hydrogen (secondary N) is 1. The van der Waals surface area contributed by atoms with Crippen molar-refractivity contribution in [2.45, 2.75) is 25.4 Å². The molecule has 0 aromatic rings. The molecule has 2 bridgehead atoms. The van der Waals surface area contributed by atoms with E-state index in [0.717, 1.165) is 13.1 Å². The minimum Gasteiger partial charge on any atom is -0.366 e. The van der Waals surface area contributed by atoms with Crippen LogP contribution in [0.3, 0.4) is 0 Å². The average molecular weight is 126 g/mol. The molecule has 0 spiro atoms. The lowest BCUT2D eigenvalue weighted by atomic mass is 10.0. The number of hydrogen-bond acceptors (Lipinski definition) is 2. The molecule has 2 rings (SSSR count). The molecule has 2 heteroatoms. The van der Waals surface area contributed by atoms with E-state index in [2.05, 4.69) is 5.32 Å². The molecule has 9 heavy (non-hydrogen) atoms. The Kier molecular flexibility index (Phi) is 1.44. The standard InChI is InChI=1S/C7H12NO/c1-2-6-4-8-5-7(3-1)9-6/h6,8H,1-5H2. The van der Waals surface area contributed by atoms with Gasteiger partial charge >= 0.3 is 0 Å². The van der Waals surface area contributed by atoms with Gasteiger partial charge in [0.05, 0.1) is 6.10 Å². The molecule has 2 aliphatic rings. The molecule has 1 atom stereocenters. The number of ether oxygens (including phenoxy) is 1. The van der Waals surface area contributed by atoms with Crippen molar-refractivity contribution in [2.75, 3.05) is 13.1 Å². The summed E-state index contributed by atoms with van der Waals surface area (Å²) < 4.78 is 5.58. The van der Waals surface area contributed by atoms with E-state index in [9.17, 15) is 0 Å². The minimum absolute atomic E-state index is 0.502. The van der Waals surface area contributed by atoms with Gasteiger partial charge in [-0.2, -0.15) is 0 Å².